The number of hydrogen-bond acceptors (Lipinski definition) is 1. The zero-order chi connectivity index (χ0) is 22.4. The molecule has 3 aromatic rings. The molecule has 31 heavy (non-hydrogen) atoms. The van der Waals surface area contributed by atoms with Crippen molar-refractivity contribution in [3.05, 3.63) is 77.5 Å². The Morgan fingerprint density at radius 1 is 0.806 bits per heavy atom. The van der Waals surface area contributed by atoms with Gasteiger partial charge < -0.3 is 0 Å². The van der Waals surface area contributed by atoms with Crippen molar-refractivity contribution in [2.24, 2.45) is 0 Å². The van der Waals surface area contributed by atoms with Gasteiger partial charge >= 0.3 is 0 Å². The molecule has 0 unspecified atom stereocenters. The SMILES string of the molecule is CC(C)[Si](C#CCc1ccc(C=Cc2ccccc2)c2cccnc12)(C(C)C)C(C)C. The summed E-state index contributed by atoms with van der Waals surface area (Å²) in [5.74, 6) is 3.61. The predicted molar refractivity (Wildman–Crippen MR) is 140 cm³/mol. The molecule has 0 saturated carbocycles. The molecule has 0 radical (unpaired) electrons. The fourth-order valence-corrected chi connectivity index (χ4v) is 10.3. The largest absolute Gasteiger partial charge is 0.256 e. The first-order chi connectivity index (χ1) is 14.9. The van der Waals surface area contributed by atoms with Gasteiger partial charge in [0.05, 0.1) is 5.52 Å². The van der Waals surface area contributed by atoms with E-state index in [1.54, 1.807) is 0 Å². The van der Waals surface area contributed by atoms with E-state index in [2.05, 4.69) is 108 Å². The predicted octanol–water partition coefficient (Wildman–Crippen LogP) is 8.17. The molecule has 0 spiro atoms. The molecule has 0 bridgehead atoms. The van der Waals surface area contributed by atoms with Crippen molar-refractivity contribution < 1.29 is 0 Å². The second-order valence-electron chi connectivity index (χ2n) is 9.33. The lowest BCUT2D eigenvalue weighted by Gasteiger charge is -2.38. The van der Waals surface area contributed by atoms with Gasteiger partial charge in [0.25, 0.3) is 0 Å². The average Bonchev–Trinajstić information content (AvgIpc) is 2.75. The number of benzene rings is 2. The minimum absolute atomic E-state index is 0.653. The van der Waals surface area contributed by atoms with Gasteiger partial charge in [-0.3, -0.25) is 4.98 Å². The van der Waals surface area contributed by atoms with Gasteiger partial charge in [0.15, 0.2) is 0 Å². The zero-order valence-electron chi connectivity index (χ0n) is 19.8. The Bertz CT molecular complexity index is 1080. The molecular formula is C29H35NSi. The van der Waals surface area contributed by atoms with Gasteiger partial charge in [-0.15, -0.1) is 11.5 Å². The number of aromatic nitrogens is 1. The topological polar surface area (TPSA) is 12.9 Å². The lowest BCUT2D eigenvalue weighted by Crippen LogP contribution is -2.43. The Balaban J connectivity index is 1.95. The van der Waals surface area contributed by atoms with Gasteiger partial charge in [-0.25, -0.2) is 0 Å². The van der Waals surface area contributed by atoms with Crippen molar-refractivity contribution in [3.8, 4) is 11.5 Å². The van der Waals surface area contributed by atoms with E-state index in [1.807, 2.05) is 18.3 Å². The lowest BCUT2D eigenvalue weighted by atomic mass is 10.0. The summed E-state index contributed by atoms with van der Waals surface area (Å²) >= 11 is 0. The van der Waals surface area contributed by atoms with E-state index in [9.17, 15) is 0 Å². The summed E-state index contributed by atoms with van der Waals surface area (Å²) in [6.07, 6.45) is 6.99. The number of fused-ring (bicyclic) bond motifs is 1. The fourth-order valence-electron chi connectivity index (χ4n) is 5.02. The molecule has 0 N–H and O–H groups in total. The van der Waals surface area contributed by atoms with Gasteiger partial charge in [0, 0.05) is 18.0 Å². The Morgan fingerprint density at radius 2 is 1.48 bits per heavy atom. The van der Waals surface area contributed by atoms with Gasteiger partial charge in [-0.05, 0) is 39.4 Å². The van der Waals surface area contributed by atoms with Crippen LogP contribution in [-0.2, 0) is 6.42 Å². The molecule has 2 heteroatoms. The van der Waals surface area contributed by atoms with Crippen LogP contribution in [0.2, 0.25) is 16.6 Å². The summed E-state index contributed by atoms with van der Waals surface area (Å²) < 4.78 is 0. The third-order valence-corrected chi connectivity index (χ3v) is 12.9. The van der Waals surface area contributed by atoms with E-state index in [0.717, 1.165) is 11.9 Å². The summed E-state index contributed by atoms with van der Waals surface area (Å²) in [7, 11) is -1.70. The van der Waals surface area contributed by atoms with Gasteiger partial charge in [0.1, 0.15) is 8.07 Å². The second kappa shape index (κ2) is 10.1. The molecule has 3 rings (SSSR count). The quantitative estimate of drug-likeness (QED) is 0.220. The molecule has 2 aromatic carbocycles. The number of nitrogens with zero attached hydrogens (tertiary/aromatic N) is 1. The monoisotopic (exact) mass is 425 g/mol. The highest BCUT2D eigenvalue weighted by molar-refractivity contribution is 6.90. The molecule has 0 atom stereocenters. The van der Waals surface area contributed by atoms with Crippen LogP contribution >= 0.6 is 0 Å². The zero-order valence-corrected chi connectivity index (χ0v) is 20.8. The van der Waals surface area contributed by atoms with E-state index < -0.39 is 8.07 Å². The highest BCUT2D eigenvalue weighted by atomic mass is 28.3. The Morgan fingerprint density at radius 3 is 2.13 bits per heavy atom. The van der Waals surface area contributed by atoms with E-state index in [0.29, 0.717) is 16.6 Å². The molecule has 0 aliphatic carbocycles. The van der Waals surface area contributed by atoms with Crippen molar-refractivity contribution in [3.63, 3.8) is 0 Å². The summed E-state index contributed by atoms with van der Waals surface area (Å²) in [5, 5.41) is 1.19. The molecule has 1 heterocycles. The van der Waals surface area contributed by atoms with Crippen LogP contribution in [0.15, 0.2) is 60.8 Å². The Kier molecular flexibility index (Phi) is 7.52. The molecule has 1 nitrogen and oxygen atoms in total. The van der Waals surface area contributed by atoms with Crippen LogP contribution in [0.25, 0.3) is 23.1 Å². The van der Waals surface area contributed by atoms with Gasteiger partial charge in [-0.1, -0.05) is 102 Å². The maximum absolute atomic E-state index is 4.73. The molecular weight excluding hydrogens is 390 g/mol. The van der Waals surface area contributed by atoms with E-state index >= 15 is 0 Å². The van der Waals surface area contributed by atoms with Crippen LogP contribution in [0.1, 0.15) is 58.2 Å². The highest BCUT2D eigenvalue weighted by Crippen LogP contribution is 2.40. The summed E-state index contributed by atoms with van der Waals surface area (Å²) in [4.78, 5) is 4.73. The molecule has 0 saturated heterocycles. The minimum Gasteiger partial charge on any atom is -0.256 e. The van der Waals surface area contributed by atoms with Crippen molar-refractivity contribution in [1.29, 1.82) is 0 Å². The first-order valence-corrected chi connectivity index (χ1v) is 13.7. The summed E-state index contributed by atoms with van der Waals surface area (Å²) in [6, 6.07) is 19.0. The number of pyridine rings is 1. The standard InChI is InChI=1S/C29H35NSi/c1-22(2)31(23(3)4,24(5)6)21-11-14-27-19-18-26(28-15-10-20-30-29(27)28)17-16-25-12-8-7-9-13-25/h7-10,12-13,15-20,22-24H,14H2,1-6H3. The molecule has 0 aliphatic rings. The first-order valence-electron chi connectivity index (χ1n) is 11.5. The minimum atomic E-state index is -1.70. The van der Waals surface area contributed by atoms with Crippen LogP contribution in [0.4, 0.5) is 0 Å². The third kappa shape index (κ3) is 5.00. The maximum atomic E-state index is 4.73. The van der Waals surface area contributed by atoms with E-state index in [4.69, 9.17) is 4.98 Å². The van der Waals surface area contributed by atoms with Crippen molar-refractivity contribution in [2.45, 2.75) is 64.6 Å². The highest BCUT2D eigenvalue weighted by Gasteiger charge is 2.41. The van der Waals surface area contributed by atoms with Crippen molar-refractivity contribution in [2.75, 3.05) is 0 Å². The third-order valence-electron chi connectivity index (χ3n) is 6.59. The lowest BCUT2D eigenvalue weighted by molar-refractivity contribution is 0.838. The van der Waals surface area contributed by atoms with Gasteiger partial charge in [0.2, 0.25) is 0 Å². The number of hydrogen-bond donors (Lipinski definition) is 0. The van der Waals surface area contributed by atoms with Crippen LogP contribution < -0.4 is 0 Å². The summed E-state index contributed by atoms with van der Waals surface area (Å²) in [5.41, 5.74) is 10.5. The first kappa shape index (κ1) is 23.0. The molecule has 160 valence electrons. The number of rotatable bonds is 6. The van der Waals surface area contributed by atoms with Crippen molar-refractivity contribution in [1.82, 2.24) is 4.98 Å². The Hall–Kier alpha value is -2.63. The summed E-state index contributed by atoms with van der Waals surface area (Å²) in [6.45, 7) is 14.2. The smallest absolute Gasteiger partial charge is 0.145 e. The molecule has 0 fully saturated rings. The van der Waals surface area contributed by atoms with Crippen LogP contribution in [0.3, 0.4) is 0 Å². The fraction of sp³-hybridized carbons (Fsp3) is 0.345. The molecule has 0 amide bonds. The van der Waals surface area contributed by atoms with Gasteiger partial charge in [-0.2, -0.15) is 0 Å². The Labute approximate surface area is 189 Å². The van der Waals surface area contributed by atoms with Crippen LogP contribution in [0.5, 0.6) is 0 Å². The average molecular weight is 426 g/mol. The maximum Gasteiger partial charge on any atom is 0.145 e. The molecule has 0 aliphatic heterocycles. The normalized spacial score (nSPS) is 12.2. The molecule has 1 aromatic heterocycles. The van der Waals surface area contributed by atoms with Crippen LogP contribution in [-0.4, -0.2) is 13.1 Å². The van der Waals surface area contributed by atoms with E-state index in [-0.39, 0.29) is 0 Å². The van der Waals surface area contributed by atoms with E-state index in [1.165, 1.54) is 22.1 Å². The van der Waals surface area contributed by atoms with Crippen LogP contribution in [0, 0.1) is 11.5 Å². The van der Waals surface area contributed by atoms with Crippen molar-refractivity contribution >= 4 is 31.1 Å². The second-order valence-corrected chi connectivity index (χ2v) is 14.9.